The summed E-state index contributed by atoms with van der Waals surface area (Å²) in [6.45, 7) is 4.14. The maximum atomic E-state index is 4.49. The SMILES string of the molecule is CCc1ccc2ncc(C)cc2n1. The lowest BCUT2D eigenvalue weighted by atomic mass is 10.2. The van der Waals surface area contributed by atoms with Gasteiger partial charge in [-0.2, -0.15) is 0 Å². The molecule has 13 heavy (non-hydrogen) atoms. The van der Waals surface area contributed by atoms with Gasteiger partial charge in [0.15, 0.2) is 0 Å². The normalized spacial score (nSPS) is 10.6. The second-order valence-electron chi connectivity index (χ2n) is 3.21. The smallest absolute Gasteiger partial charge is 0.0892 e. The first-order chi connectivity index (χ1) is 6.29. The Morgan fingerprint density at radius 3 is 2.85 bits per heavy atom. The van der Waals surface area contributed by atoms with Gasteiger partial charge in [-0.3, -0.25) is 9.97 Å². The van der Waals surface area contributed by atoms with E-state index in [1.165, 1.54) is 0 Å². The Kier molecular flexibility index (Phi) is 1.97. The maximum Gasteiger partial charge on any atom is 0.0892 e. The number of pyridine rings is 2. The van der Waals surface area contributed by atoms with Crippen molar-refractivity contribution in [2.75, 3.05) is 0 Å². The lowest BCUT2D eigenvalue weighted by Crippen LogP contribution is -1.89. The van der Waals surface area contributed by atoms with Crippen LogP contribution in [-0.4, -0.2) is 9.97 Å². The Labute approximate surface area is 77.6 Å². The molecule has 0 saturated heterocycles. The summed E-state index contributed by atoms with van der Waals surface area (Å²) in [7, 11) is 0. The minimum atomic E-state index is 0.975. The lowest BCUT2D eigenvalue weighted by molar-refractivity contribution is 1.05. The van der Waals surface area contributed by atoms with Crippen molar-refractivity contribution in [1.82, 2.24) is 9.97 Å². The second kappa shape index (κ2) is 3.13. The molecular weight excluding hydrogens is 160 g/mol. The van der Waals surface area contributed by atoms with E-state index < -0.39 is 0 Å². The molecule has 0 aliphatic rings. The van der Waals surface area contributed by atoms with Crippen LogP contribution in [0.4, 0.5) is 0 Å². The number of nitrogens with zero attached hydrogens (tertiary/aromatic N) is 2. The fourth-order valence-corrected chi connectivity index (χ4v) is 1.35. The van der Waals surface area contributed by atoms with Crippen LogP contribution in [0.3, 0.4) is 0 Å². The highest BCUT2D eigenvalue weighted by Gasteiger charge is 1.97. The van der Waals surface area contributed by atoms with E-state index in [1.54, 1.807) is 0 Å². The summed E-state index contributed by atoms with van der Waals surface area (Å²) in [4.78, 5) is 8.79. The van der Waals surface area contributed by atoms with Crippen LogP contribution in [0.25, 0.3) is 11.0 Å². The lowest BCUT2D eigenvalue weighted by Gasteiger charge is -2.00. The predicted octanol–water partition coefficient (Wildman–Crippen LogP) is 2.50. The topological polar surface area (TPSA) is 25.8 Å². The summed E-state index contributed by atoms with van der Waals surface area (Å²) in [6, 6.07) is 6.13. The number of hydrogen-bond donors (Lipinski definition) is 0. The molecule has 0 aliphatic carbocycles. The van der Waals surface area contributed by atoms with Gasteiger partial charge in [-0.05, 0) is 37.1 Å². The summed E-state index contributed by atoms with van der Waals surface area (Å²) in [5, 5.41) is 0. The zero-order valence-electron chi connectivity index (χ0n) is 7.91. The van der Waals surface area contributed by atoms with Crippen molar-refractivity contribution in [3.05, 3.63) is 35.7 Å². The van der Waals surface area contributed by atoms with Crippen molar-refractivity contribution in [1.29, 1.82) is 0 Å². The van der Waals surface area contributed by atoms with Gasteiger partial charge in [0.05, 0.1) is 11.0 Å². The predicted molar refractivity (Wildman–Crippen MR) is 53.7 cm³/mol. The van der Waals surface area contributed by atoms with E-state index in [9.17, 15) is 0 Å². The number of fused-ring (bicyclic) bond motifs is 1. The van der Waals surface area contributed by atoms with E-state index in [0.717, 1.165) is 28.7 Å². The first kappa shape index (κ1) is 8.17. The van der Waals surface area contributed by atoms with Crippen LogP contribution in [0.5, 0.6) is 0 Å². The van der Waals surface area contributed by atoms with Crippen molar-refractivity contribution in [2.45, 2.75) is 20.3 Å². The quantitative estimate of drug-likeness (QED) is 0.660. The molecule has 0 spiro atoms. The highest BCUT2D eigenvalue weighted by atomic mass is 14.8. The van der Waals surface area contributed by atoms with Crippen LogP contribution >= 0.6 is 0 Å². The first-order valence-electron chi connectivity index (χ1n) is 4.52. The third-order valence-electron chi connectivity index (χ3n) is 2.09. The molecule has 0 amide bonds. The van der Waals surface area contributed by atoms with Crippen molar-refractivity contribution in [3.63, 3.8) is 0 Å². The molecule has 2 aromatic heterocycles. The Morgan fingerprint density at radius 1 is 1.23 bits per heavy atom. The van der Waals surface area contributed by atoms with E-state index in [-0.39, 0.29) is 0 Å². The summed E-state index contributed by atoms with van der Waals surface area (Å²) >= 11 is 0. The highest BCUT2D eigenvalue weighted by molar-refractivity contribution is 5.74. The molecule has 66 valence electrons. The standard InChI is InChI=1S/C11H12N2/c1-3-9-4-5-10-11(13-9)6-8(2)7-12-10/h4-7H,3H2,1-2H3. The minimum Gasteiger partial charge on any atom is -0.254 e. The molecule has 0 aliphatic heterocycles. The van der Waals surface area contributed by atoms with E-state index >= 15 is 0 Å². The van der Waals surface area contributed by atoms with E-state index in [2.05, 4.69) is 23.0 Å². The molecule has 0 unspecified atom stereocenters. The Bertz CT molecular complexity index is 435. The largest absolute Gasteiger partial charge is 0.254 e. The summed E-state index contributed by atoms with van der Waals surface area (Å²) < 4.78 is 0. The molecule has 2 nitrogen and oxygen atoms in total. The molecular formula is C11H12N2. The molecule has 0 saturated carbocycles. The average molecular weight is 172 g/mol. The molecule has 2 aromatic rings. The van der Waals surface area contributed by atoms with Crippen molar-refractivity contribution in [3.8, 4) is 0 Å². The number of aryl methyl sites for hydroxylation is 2. The van der Waals surface area contributed by atoms with Gasteiger partial charge in [0.2, 0.25) is 0 Å². The Morgan fingerprint density at radius 2 is 2.08 bits per heavy atom. The minimum absolute atomic E-state index is 0.975. The molecule has 0 aromatic carbocycles. The van der Waals surface area contributed by atoms with Crippen LogP contribution < -0.4 is 0 Å². The van der Waals surface area contributed by atoms with Gasteiger partial charge >= 0.3 is 0 Å². The number of aromatic nitrogens is 2. The van der Waals surface area contributed by atoms with E-state index in [4.69, 9.17) is 0 Å². The molecule has 0 radical (unpaired) electrons. The van der Waals surface area contributed by atoms with Gasteiger partial charge in [-0.1, -0.05) is 6.92 Å². The molecule has 0 bridgehead atoms. The number of hydrogen-bond acceptors (Lipinski definition) is 2. The third kappa shape index (κ3) is 1.52. The van der Waals surface area contributed by atoms with Gasteiger partial charge in [-0.25, -0.2) is 0 Å². The number of rotatable bonds is 1. The average Bonchev–Trinajstić information content (AvgIpc) is 2.16. The summed E-state index contributed by atoms with van der Waals surface area (Å²) in [5.74, 6) is 0. The molecule has 0 atom stereocenters. The zero-order chi connectivity index (χ0) is 9.26. The monoisotopic (exact) mass is 172 g/mol. The van der Waals surface area contributed by atoms with Gasteiger partial charge in [-0.15, -0.1) is 0 Å². The first-order valence-corrected chi connectivity index (χ1v) is 4.52. The fraction of sp³-hybridized carbons (Fsp3) is 0.273. The zero-order valence-corrected chi connectivity index (χ0v) is 7.91. The van der Waals surface area contributed by atoms with E-state index in [0.29, 0.717) is 0 Å². The van der Waals surface area contributed by atoms with Crippen molar-refractivity contribution < 1.29 is 0 Å². The van der Waals surface area contributed by atoms with Crippen LogP contribution in [0.1, 0.15) is 18.2 Å². The molecule has 0 fully saturated rings. The van der Waals surface area contributed by atoms with Gasteiger partial charge in [0.1, 0.15) is 0 Å². The fourth-order valence-electron chi connectivity index (χ4n) is 1.35. The molecule has 2 heteroatoms. The Hall–Kier alpha value is -1.44. The molecule has 0 N–H and O–H groups in total. The van der Waals surface area contributed by atoms with Crippen LogP contribution in [0, 0.1) is 6.92 Å². The van der Waals surface area contributed by atoms with Gasteiger partial charge in [0.25, 0.3) is 0 Å². The van der Waals surface area contributed by atoms with Gasteiger partial charge in [0, 0.05) is 11.9 Å². The Balaban J connectivity index is 2.68. The van der Waals surface area contributed by atoms with Crippen molar-refractivity contribution >= 4 is 11.0 Å². The highest BCUT2D eigenvalue weighted by Crippen LogP contribution is 2.11. The van der Waals surface area contributed by atoms with Crippen LogP contribution in [0.2, 0.25) is 0 Å². The van der Waals surface area contributed by atoms with Crippen LogP contribution in [-0.2, 0) is 6.42 Å². The molecule has 2 heterocycles. The van der Waals surface area contributed by atoms with E-state index in [1.807, 2.05) is 25.3 Å². The van der Waals surface area contributed by atoms with Crippen LogP contribution in [0.15, 0.2) is 24.4 Å². The van der Waals surface area contributed by atoms with Crippen molar-refractivity contribution in [2.24, 2.45) is 0 Å². The molecule has 2 rings (SSSR count). The van der Waals surface area contributed by atoms with Gasteiger partial charge < -0.3 is 0 Å². The summed E-state index contributed by atoms with van der Waals surface area (Å²) in [5.41, 5.74) is 4.26. The second-order valence-corrected chi connectivity index (χ2v) is 3.21. The third-order valence-corrected chi connectivity index (χ3v) is 2.09. The maximum absolute atomic E-state index is 4.49. The summed E-state index contributed by atoms with van der Waals surface area (Å²) in [6.07, 6.45) is 2.85.